The van der Waals surface area contributed by atoms with E-state index in [1.807, 2.05) is 4.72 Å². The van der Waals surface area contributed by atoms with Crippen molar-refractivity contribution in [3.05, 3.63) is 47.8 Å². The van der Waals surface area contributed by atoms with Gasteiger partial charge in [0, 0.05) is 18.2 Å². The highest BCUT2D eigenvalue weighted by Gasteiger charge is 2.24. The minimum Gasteiger partial charge on any atom is -0.493 e. The van der Waals surface area contributed by atoms with Crippen LogP contribution in [0.15, 0.2) is 35.2 Å². The summed E-state index contributed by atoms with van der Waals surface area (Å²) in [5, 5.41) is 0. The standard InChI is InChI=1S/C14H12F3NO4S/c1-21-12-6-10(17)14(7-13(12)22-2)23(19,20)18-11-4-3-8(15)5-9(11)16/h3-7,18H,1-2H3. The van der Waals surface area contributed by atoms with E-state index in [0.717, 1.165) is 24.3 Å². The van der Waals surface area contributed by atoms with Crippen molar-refractivity contribution in [2.24, 2.45) is 0 Å². The SMILES string of the molecule is COc1cc(F)c(S(=O)(=O)Nc2ccc(F)cc2F)cc1OC. The highest BCUT2D eigenvalue weighted by atomic mass is 32.2. The summed E-state index contributed by atoms with van der Waals surface area (Å²) in [6.45, 7) is 0. The van der Waals surface area contributed by atoms with Gasteiger partial charge >= 0.3 is 0 Å². The Morgan fingerprint density at radius 1 is 0.913 bits per heavy atom. The average molecular weight is 347 g/mol. The van der Waals surface area contributed by atoms with Gasteiger partial charge in [0.05, 0.1) is 19.9 Å². The number of nitrogens with one attached hydrogen (secondary N) is 1. The van der Waals surface area contributed by atoms with E-state index in [2.05, 4.69) is 0 Å². The summed E-state index contributed by atoms with van der Waals surface area (Å²) >= 11 is 0. The van der Waals surface area contributed by atoms with Crippen molar-refractivity contribution in [1.82, 2.24) is 0 Å². The summed E-state index contributed by atoms with van der Waals surface area (Å²) in [6.07, 6.45) is 0. The Labute approximate surface area is 130 Å². The molecule has 9 heteroatoms. The van der Waals surface area contributed by atoms with Gasteiger partial charge in [0.1, 0.15) is 22.3 Å². The number of sulfonamides is 1. The summed E-state index contributed by atoms with van der Waals surface area (Å²) in [6, 6.07) is 3.99. The molecule has 0 amide bonds. The quantitative estimate of drug-likeness (QED) is 0.903. The Bertz CT molecular complexity index is 840. The monoisotopic (exact) mass is 347 g/mol. The molecular formula is C14H12F3NO4S. The predicted molar refractivity (Wildman–Crippen MR) is 76.7 cm³/mol. The predicted octanol–water partition coefficient (Wildman–Crippen LogP) is 2.92. The number of ether oxygens (including phenoxy) is 2. The molecule has 0 aliphatic carbocycles. The molecule has 0 aromatic heterocycles. The lowest BCUT2D eigenvalue weighted by molar-refractivity contribution is 0.350. The first-order chi connectivity index (χ1) is 10.8. The molecule has 0 radical (unpaired) electrons. The summed E-state index contributed by atoms with van der Waals surface area (Å²) < 4.78 is 76.5. The molecule has 2 rings (SSSR count). The fourth-order valence-corrected chi connectivity index (χ4v) is 2.96. The van der Waals surface area contributed by atoms with Crippen LogP contribution >= 0.6 is 0 Å². The Morgan fingerprint density at radius 3 is 2.09 bits per heavy atom. The Balaban J connectivity index is 2.47. The van der Waals surface area contributed by atoms with Crippen LogP contribution in [0.5, 0.6) is 11.5 Å². The van der Waals surface area contributed by atoms with Crippen LogP contribution in [-0.4, -0.2) is 22.6 Å². The van der Waals surface area contributed by atoms with Gasteiger partial charge in [0.15, 0.2) is 11.5 Å². The van der Waals surface area contributed by atoms with Crippen molar-refractivity contribution in [2.75, 3.05) is 18.9 Å². The second-order valence-electron chi connectivity index (χ2n) is 4.37. The number of benzene rings is 2. The zero-order valence-electron chi connectivity index (χ0n) is 12.1. The molecule has 0 aliphatic rings. The van der Waals surface area contributed by atoms with Gasteiger partial charge in [-0.15, -0.1) is 0 Å². The van der Waals surface area contributed by atoms with E-state index < -0.39 is 38.1 Å². The smallest absolute Gasteiger partial charge is 0.265 e. The van der Waals surface area contributed by atoms with Gasteiger partial charge in [0.25, 0.3) is 10.0 Å². The zero-order valence-corrected chi connectivity index (χ0v) is 12.9. The molecule has 0 bridgehead atoms. The zero-order chi connectivity index (χ0) is 17.2. The molecular weight excluding hydrogens is 335 g/mol. The maximum atomic E-state index is 14.0. The third-order valence-electron chi connectivity index (χ3n) is 2.90. The van der Waals surface area contributed by atoms with Crippen molar-refractivity contribution < 1.29 is 31.1 Å². The normalized spacial score (nSPS) is 11.2. The van der Waals surface area contributed by atoms with Gasteiger partial charge < -0.3 is 9.47 Å². The van der Waals surface area contributed by atoms with Crippen molar-refractivity contribution in [2.45, 2.75) is 4.90 Å². The molecule has 23 heavy (non-hydrogen) atoms. The molecule has 2 aromatic carbocycles. The van der Waals surface area contributed by atoms with E-state index in [1.165, 1.54) is 14.2 Å². The van der Waals surface area contributed by atoms with E-state index >= 15 is 0 Å². The second-order valence-corrected chi connectivity index (χ2v) is 6.02. The highest BCUT2D eigenvalue weighted by molar-refractivity contribution is 7.92. The molecule has 0 unspecified atom stereocenters. The third kappa shape index (κ3) is 3.50. The Kier molecular flexibility index (Phi) is 4.69. The van der Waals surface area contributed by atoms with Gasteiger partial charge in [-0.1, -0.05) is 0 Å². The number of methoxy groups -OCH3 is 2. The number of rotatable bonds is 5. The molecule has 0 saturated heterocycles. The molecule has 2 aromatic rings. The minimum atomic E-state index is -4.46. The first kappa shape index (κ1) is 16.9. The number of halogens is 3. The van der Waals surface area contributed by atoms with Gasteiger partial charge in [-0.2, -0.15) is 0 Å². The Morgan fingerprint density at radius 2 is 1.52 bits per heavy atom. The van der Waals surface area contributed by atoms with Gasteiger partial charge in [-0.25, -0.2) is 21.6 Å². The molecule has 1 N–H and O–H groups in total. The van der Waals surface area contributed by atoms with Crippen molar-refractivity contribution >= 4 is 15.7 Å². The molecule has 0 aliphatic heterocycles. The summed E-state index contributed by atoms with van der Waals surface area (Å²) in [5.74, 6) is -3.14. The highest BCUT2D eigenvalue weighted by Crippen LogP contribution is 2.32. The number of hydrogen-bond donors (Lipinski definition) is 1. The molecule has 0 heterocycles. The van der Waals surface area contributed by atoms with E-state index in [9.17, 15) is 21.6 Å². The maximum Gasteiger partial charge on any atom is 0.265 e. The van der Waals surface area contributed by atoms with Crippen LogP contribution in [0.3, 0.4) is 0 Å². The van der Waals surface area contributed by atoms with E-state index in [0.29, 0.717) is 6.07 Å². The van der Waals surface area contributed by atoms with Gasteiger partial charge in [0.2, 0.25) is 0 Å². The first-order valence-electron chi connectivity index (χ1n) is 6.18. The topological polar surface area (TPSA) is 64.6 Å². The van der Waals surface area contributed by atoms with Crippen LogP contribution < -0.4 is 14.2 Å². The molecule has 0 saturated carbocycles. The number of anilines is 1. The third-order valence-corrected chi connectivity index (χ3v) is 4.28. The van der Waals surface area contributed by atoms with E-state index in [4.69, 9.17) is 9.47 Å². The van der Waals surface area contributed by atoms with Crippen molar-refractivity contribution in [3.63, 3.8) is 0 Å². The van der Waals surface area contributed by atoms with Crippen molar-refractivity contribution in [3.8, 4) is 11.5 Å². The fraction of sp³-hybridized carbons (Fsp3) is 0.143. The largest absolute Gasteiger partial charge is 0.493 e. The van der Waals surface area contributed by atoms with Gasteiger partial charge in [-0.3, -0.25) is 4.72 Å². The lowest BCUT2D eigenvalue weighted by Gasteiger charge is -2.13. The molecule has 124 valence electrons. The summed E-state index contributed by atoms with van der Waals surface area (Å²) in [4.78, 5) is -0.765. The first-order valence-corrected chi connectivity index (χ1v) is 7.66. The summed E-state index contributed by atoms with van der Waals surface area (Å²) in [7, 11) is -1.95. The van der Waals surface area contributed by atoms with E-state index in [-0.39, 0.29) is 11.5 Å². The van der Waals surface area contributed by atoms with Crippen LogP contribution in [0.2, 0.25) is 0 Å². The van der Waals surface area contributed by atoms with E-state index in [1.54, 1.807) is 0 Å². The number of hydrogen-bond acceptors (Lipinski definition) is 4. The van der Waals surface area contributed by atoms with Crippen LogP contribution in [0.1, 0.15) is 0 Å². The van der Waals surface area contributed by atoms with Crippen LogP contribution in [0.25, 0.3) is 0 Å². The Hall–Kier alpha value is -2.42. The lowest BCUT2D eigenvalue weighted by Crippen LogP contribution is -2.16. The average Bonchev–Trinajstić information content (AvgIpc) is 2.49. The molecule has 5 nitrogen and oxygen atoms in total. The van der Waals surface area contributed by atoms with Gasteiger partial charge in [-0.05, 0) is 12.1 Å². The second kappa shape index (κ2) is 6.37. The summed E-state index contributed by atoms with van der Waals surface area (Å²) in [5.41, 5.74) is -0.513. The van der Waals surface area contributed by atoms with Crippen molar-refractivity contribution in [1.29, 1.82) is 0 Å². The molecule has 0 spiro atoms. The lowest BCUT2D eigenvalue weighted by atomic mass is 10.3. The molecule has 0 fully saturated rings. The maximum absolute atomic E-state index is 14.0. The minimum absolute atomic E-state index is 0.00286. The van der Waals surface area contributed by atoms with Crippen LogP contribution in [0.4, 0.5) is 18.9 Å². The van der Waals surface area contributed by atoms with Crippen LogP contribution in [0, 0.1) is 17.5 Å². The fourth-order valence-electron chi connectivity index (χ4n) is 1.81. The molecule has 0 atom stereocenters. The van der Waals surface area contributed by atoms with Crippen LogP contribution in [-0.2, 0) is 10.0 Å².